The largest absolute Gasteiger partial charge is 0.354 e. The number of pyridine rings is 1. The molecule has 3 rings (SSSR count). The van der Waals surface area contributed by atoms with Crippen LogP contribution in [0.1, 0.15) is 28.4 Å². The summed E-state index contributed by atoms with van der Waals surface area (Å²) < 4.78 is 0. The number of carbonyl (C=O) groups excluding carboxylic acids is 1. The molecule has 0 saturated heterocycles. The number of carbonyl (C=O) groups is 1. The van der Waals surface area contributed by atoms with E-state index in [1.54, 1.807) is 12.4 Å². The standard InChI is InChI=1S/C22H23N3O/c1-3-25(16-18-9-5-4-6-10-18)22(26)19-13-21(15-23-14-19)24-20-11-7-8-17(2)12-20/h4-15,24H,3,16H2,1-2H3. The normalized spacial score (nSPS) is 10.4. The number of nitrogens with zero attached hydrogens (tertiary/aromatic N) is 2. The average molecular weight is 345 g/mol. The van der Waals surface area contributed by atoms with Gasteiger partial charge in [0.1, 0.15) is 0 Å². The van der Waals surface area contributed by atoms with Gasteiger partial charge in [-0.05, 0) is 43.2 Å². The fourth-order valence-corrected chi connectivity index (χ4v) is 2.83. The van der Waals surface area contributed by atoms with E-state index in [0.29, 0.717) is 18.7 Å². The topological polar surface area (TPSA) is 45.2 Å². The van der Waals surface area contributed by atoms with Gasteiger partial charge in [-0.25, -0.2) is 0 Å². The van der Waals surface area contributed by atoms with Crippen molar-refractivity contribution in [2.24, 2.45) is 0 Å². The van der Waals surface area contributed by atoms with E-state index in [1.165, 1.54) is 5.56 Å². The number of nitrogens with one attached hydrogen (secondary N) is 1. The maximum Gasteiger partial charge on any atom is 0.255 e. The lowest BCUT2D eigenvalue weighted by atomic mass is 10.1. The molecule has 0 aliphatic carbocycles. The van der Waals surface area contributed by atoms with E-state index in [-0.39, 0.29) is 5.91 Å². The second kappa shape index (κ2) is 8.30. The summed E-state index contributed by atoms with van der Waals surface area (Å²) in [5, 5.41) is 3.31. The van der Waals surface area contributed by atoms with Crippen LogP contribution in [0.4, 0.5) is 11.4 Å². The maximum atomic E-state index is 12.9. The van der Waals surface area contributed by atoms with Gasteiger partial charge in [0, 0.05) is 25.0 Å². The van der Waals surface area contributed by atoms with Crippen LogP contribution in [0.3, 0.4) is 0 Å². The Labute approximate surface area is 154 Å². The highest BCUT2D eigenvalue weighted by molar-refractivity contribution is 5.94. The van der Waals surface area contributed by atoms with Crippen molar-refractivity contribution in [1.82, 2.24) is 9.88 Å². The Balaban J connectivity index is 1.76. The third-order valence-electron chi connectivity index (χ3n) is 4.18. The van der Waals surface area contributed by atoms with Crippen molar-refractivity contribution in [3.63, 3.8) is 0 Å². The number of aromatic nitrogens is 1. The molecule has 0 saturated carbocycles. The minimum absolute atomic E-state index is 0.0169. The zero-order chi connectivity index (χ0) is 18.4. The number of hydrogen-bond acceptors (Lipinski definition) is 3. The van der Waals surface area contributed by atoms with Gasteiger partial charge in [0.15, 0.2) is 0 Å². The number of rotatable bonds is 6. The number of benzene rings is 2. The zero-order valence-corrected chi connectivity index (χ0v) is 15.1. The molecule has 26 heavy (non-hydrogen) atoms. The monoisotopic (exact) mass is 345 g/mol. The molecular weight excluding hydrogens is 322 g/mol. The van der Waals surface area contributed by atoms with Crippen LogP contribution in [0.15, 0.2) is 73.1 Å². The smallest absolute Gasteiger partial charge is 0.255 e. The highest BCUT2D eigenvalue weighted by Crippen LogP contribution is 2.19. The van der Waals surface area contributed by atoms with Gasteiger partial charge in [-0.3, -0.25) is 9.78 Å². The summed E-state index contributed by atoms with van der Waals surface area (Å²) in [4.78, 5) is 19.0. The van der Waals surface area contributed by atoms with Crippen LogP contribution in [0, 0.1) is 6.92 Å². The molecule has 4 nitrogen and oxygen atoms in total. The molecule has 1 N–H and O–H groups in total. The molecule has 0 fully saturated rings. The summed E-state index contributed by atoms with van der Waals surface area (Å²) in [5.74, 6) is -0.0169. The van der Waals surface area contributed by atoms with Gasteiger partial charge in [-0.2, -0.15) is 0 Å². The highest BCUT2D eigenvalue weighted by atomic mass is 16.2. The maximum absolute atomic E-state index is 12.9. The van der Waals surface area contributed by atoms with Crippen LogP contribution in [0.5, 0.6) is 0 Å². The lowest BCUT2D eigenvalue weighted by Gasteiger charge is -2.21. The first-order chi connectivity index (χ1) is 12.7. The van der Waals surface area contributed by atoms with E-state index in [4.69, 9.17) is 0 Å². The molecule has 0 radical (unpaired) electrons. The molecule has 0 bridgehead atoms. The molecule has 2 aromatic carbocycles. The summed E-state index contributed by atoms with van der Waals surface area (Å²) in [7, 11) is 0. The number of aryl methyl sites for hydroxylation is 1. The predicted octanol–water partition coefficient (Wildman–Crippen LogP) is 4.80. The average Bonchev–Trinajstić information content (AvgIpc) is 2.66. The van der Waals surface area contributed by atoms with Crippen molar-refractivity contribution in [2.75, 3.05) is 11.9 Å². The van der Waals surface area contributed by atoms with E-state index in [0.717, 1.165) is 16.9 Å². The molecule has 4 heteroatoms. The van der Waals surface area contributed by atoms with Crippen LogP contribution in [0.2, 0.25) is 0 Å². The molecule has 0 spiro atoms. The second-order valence-corrected chi connectivity index (χ2v) is 6.26. The van der Waals surface area contributed by atoms with Crippen molar-refractivity contribution >= 4 is 17.3 Å². The SMILES string of the molecule is CCN(Cc1ccccc1)C(=O)c1cncc(Nc2cccc(C)c2)c1. The van der Waals surface area contributed by atoms with Gasteiger partial charge in [0.2, 0.25) is 0 Å². The summed E-state index contributed by atoms with van der Waals surface area (Å²) in [6.45, 7) is 5.27. The molecule has 3 aromatic rings. The van der Waals surface area contributed by atoms with Gasteiger partial charge >= 0.3 is 0 Å². The Kier molecular flexibility index (Phi) is 5.64. The van der Waals surface area contributed by atoms with Crippen molar-refractivity contribution in [3.8, 4) is 0 Å². The highest BCUT2D eigenvalue weighted by Gasteiger charge is 2.15. The molecule has 0 atom stereocenters. The number of anilines is 2. The van der Waals surface area contributed by atoms with E-state index in [9.17, 15) is 4.79 Å². The minimum Gasteiger partial charge on any atom is -0.354 e. The number of amides is 1. The van der Waals surface area contributed by atoms with Crippen LogP contribution in [-0.4, -0.2) is 22.3 Å². The molecule has 1 aromatic heterocycles. The summed E-state index contributed by atoms with van der Waals surface area (Å²) >= 11 is 0. The van der Waals surface area contributed by atoms with Crippen LogP contribution < -0.4 is 5.32 Å². The molecular formula is C22H23N3O. The first-order valence-corrected chi connectivity index (χ1v) is 8.77. The lowest BCUT2D eigenvalue weighted by molar-refractivity contribution is 0.0752. The van der Waals surface area contributed by atoms with E-state index < -0.39 is 0 Å². The summed E-state index contributed by atoms with van der Waals surface area (Å²) in [6, 6.07) is 20.0. The van der Waals surface area contributed by atoms with Crippen LogP contribution in [0.25, 0.3) is 0 Å². The van der Waals surface area contributed by atoms with Crippen molar-refractivity contribution < 1.29 is 4.79 Å². The molecule has 0 aliphatic heterocycles. The van der Waals surface area contributed by atoms with Gasteiger partial charge < -0.3 is 10.2 Å². The van der Waals surface area contributed by atoms with Gasteiger partial charge in [0.05, 0.1) is 17.4 Å². The fraction of sp³-hybridized carbons (Fsp3) is 0.182. The Hall–Kier alpha value is -3.14. The first kappa shape index (κ1) is 17.7. The third kappa shape index (κ3) is 4.48. The molecule has 0 aliphatic rings. The summed E-state index contributed by atoms with van der Waals surface area (Å²) in [5.41, 5.74) is 4.66. The molecule has 1 amide bonds. The van der Waals surface area contributed by atoms with E-state index >= 15 is 0 Å². The molecule has 0 unspecified atom stereocenters. The van der Waals surface area contributed by atoms with E-state index in [2.05, 4.69) is 16.4 Å². The third-order valence-corrected chi connectivity index (χ3v) is 4.18. The molecule has 132 valence electrons. The van der Waals surface area contributed by atoms with Crippen molar-refractivity contribution in [2.45, 2.75) is 20.4 Å². The second-order valence-electron chi connectivity index (χ2n) is 6.26. The quantitative estimate of drug-likeness (QED) is 0.698. The van der Waals surface area contributed by atoms with Gasteiger partial charge in [0.25, 0.3) is 5.91 Å². The fourth-order valence-electron chi connectivity index (χ4n) is 2.83. The summed E-state index contributed by atoms with van der Waals surface area (Å²) in [6.07, 6.45) is 3.35. The lowest BCUT2D eigenvalue weighted by Crippen LogP contribution is -2.30. The minimum atomic E-state index is -0.0169. The Morgan fingerprint density at radius 1 is 1.00 bits per heavy atom. The first-order valence-electron chi connectivity index (χ1n) is 8.77. The predicted molar refractivity (Wildman–Crippen MR) is 106 cm³/mol. The van der Waals surface area contributed by atoms with Gasteiger partial charge in [-0.1, -0.05) is 42.5 Å². The van der Waals surface area contributed by atoms with Gasteiger partial charge in [-0.15, -0.1) is 0 Å². The Bertz CT molecular complexity index is 877. The van der Waals surface area contributed by atoms with Crippen LogP contribution >= 0.6 is 0 Å². The zero-order valence-electron chi connectivity index (χ0n) is 15.1. The Morgan fingerprint density at radius 2 is 1.81 bits per heavy atom. The number of hydrogen-bond donors (Lipinski definition) is 1. The molecule has 1 heterocycles. The Morgan fingerprint density at radius 3 is 2.54 bits per heavy atom. The van der Waals surface area contributed by atoms with Crippen LogP contribution in [-0.2, 0) is 6.54 Å². The van der Waals surface area contributed by atoms with E-state index in [1.807, 2.05) is 73.3 Å². The van der Waals surface area contributed by atoms with Crippen molar-refractivity contribution in [1.29, 1.82) is 0 Å². The van der Waals surface area contributed by atoms with Crippen molar-refractivity contribution in [3.05, 3.63) is 89.7 Å².